The fourth-order valence-electron chi connectivity index (χ4n) is 0.648. The van der Waals surface area contributed by atoms with Crippen LogP contribution in [0.1, 0.15) is 33.1 Å². The van der Waals surface area contributed by atoms with E-state index >= 15 is 0 Å². The minimum absolute atomic E-state index is 0.500. The summed E-state index contributed by atoms with van der Waals surface area (Å²) >= 11 is 0. The Morgan fingerprint density at radius 1 is 1.00 bits per heavy atom. The Labute approximate surface area is 63.5 Å². The normalized spacial score (nSPS) is 16.2. The number of hydrogen-bond donors (Lipinski definition) is 0. The van der Waals surface area contributed by atoms with Gasteiger partial charge in [-0.15, -0.1) is 0 Å². The van der Waals surface area contributed by atoms with Gasteiger partial charge in [0.1, 0.15) is 6.79 Å². The third-order valence-electron chi connectivity index (χ3n) is 1.25. The van der Waals surface area contributed by atoms with Gasteiger partial charge in [0.2, 0.25) is 0 Å². The van der Waals surface area contributed by atoms with Crippen LogP contribution in [0.2, 0.25) is 0 Å². The van der Waals surface area contributed by atoms with E-state index in [1.54, 1.807) is 0 Å². The van der Waals surface area contributed by atoms with Crippen molar-refractivity contribution in [1.82, 2.24) is 0 Å². The lowest BCUT2D eigenvalue weighted by Gasteiger charge is -1.79. The van der Waals surface area contributed by atoms with E-state index < -0.39 is 0 Å². The summed E-state index contributed by atoms with van der Waals surface area (Å²) in [5.74, 6) is 0. The van der Waals surface area contributed by atoms with Gasteiger partial charge >= 0.3 is 0 Å². The first-order valence-corrected chi connectivity index (χ1v) is 4.07. The summed E-state index contributed by atoms with van der Waals surface area (Å²) in [4.78, 5) is 0. The number of unbranched alkanes of at least 4 members (excludes halogenated alkanes) is 2. The van der Waals surface area contributed by atoms with Crippen molar-refractivity contribution in [3.63, 3.8) is 0 Å². The lowest BCUT2D eigenvalue weighted by Crippen LogP contribution is -1.79. The van der Waals surface area contributed by atoms with Crippen LogP contribution in [-0.4, -0.2) is 20.0 Å². The topological polar surface area (TPSA) is 18.5 Å². The molecule has 1 saturated heterocycles. The number of ether oxygens (including phenoxy) is 2. The highest BCUT2D eigenvalue weighted by Crippen LogP contribution is 1.88. The zero-order valence-electron chi connectivity index (χ0n) is 7.06. The Morgan fingerprint density at radius 2 is 1.50 bits per heavy atom. The third-order valence-corrected chi connectivity index (χ3v) is 1.25. The van der Waals surface area contributed by atoms with Gasteiger partial charge in [0.15, 0.2) is 0 Å². The van der Waals surface area contributed by atoms with E-state index in [9.17, 15) is 0 Å². The van der Waals surface area contributed by atoms with E-state index in [2.05, 4.69) is 13.8 Å². The van der Waals surface area contributed by atoms with Crippen LogP contribution < -0.4 is 0 Å². The van der Waals surface area contributed by atoms with Crippen LogP contribution in [-0.2, 0) is 9.47 Å². The number of rotatable bonds is 2. The van der Waals surface area contributed by atoms with Crippen molar-refractivity contribution in [3.8, 4) is 0 Å². The summed E-state index contributed by atoms with van der Waals surface area (Å²) in [5, 5.41) is 0. The molecule has 0 unspecified atom stereocenters. The lowest BCUT2D eigenvalue weighted by atomic mass is 10.3. The highest BCUT2D eigenvalue weighted by Gasteiger charge is 1.93. The predicted molar refractivity (Wildman–Crippen MR) is 42.0 cm³/mol. The number of hydrogen-bond acceptors (Lipinski definition) is 2. The molecular formula is C8H18O2. The standard InChI is InChI=1S/C5H12.C3H6O2/c1-3-5-4-2;1-2-5-3-4-1/h3-5H2,1-2H3;1-3H2. The lowest BCUT2D eigenvalue weighted by molar-refractivity contribution is 0.0692. The fraction of sp³-hybridized carbons (Fsp3) is 1.00. The van der Waals surface area contributed by atoms with Crippen LogP contribution >= 0.6 is 0 Å². The third kappa shape index (κ3) is 7.92. The van der Waals surface area contributed by atoms with E-state index in [0.717, 1.165) is 13.2 Å². The van der Waals surface area contributed by atoms with Crippen molar-refractivity contribution in [3.05, 3.63) is 0 Å². The summed E-state index contributed by atoms with van der Waals surface area (Å²) in [6.45, 7) is 6.48. The first kappa shape index (κ1) is 9.92. The van der Waals surface area contributed by atoms with Crippen LogP contribution in [0.25, 0.3) is 0 Å². The second-order valence-corrected chi connectivity index (χ2v) is 2.29. The van der Waals surface area contributed by atoms with E-state index in [0.29, 0.717) is 6.79 Å². The molecule has 0 radical (unpaired) electrons. The Bertz CT molecular complexity index is 41.6. The molecule has 62 valence electrons. The van der Waals surface area contributed by atoms with E-state index in [1.165, 1.54) is 19.3 Å². The van der Waals surface area contributed by atoms with Gasteiger partial charge in [-0.2, -0.15) is 0 Å². The average molecular weight is 146 g/mol. The minimum Gasteiger partial charge on any atom is -0.353 e. The summed E-state index contributed by atoms with van der Waals surface area (Å²) in [5.41, 5.74) is 0. The summed E-state index contributed by atoms with van der Waals surface area (Å²) in [6, 6.07) is 0. The molecule has 0 aromatic carbocycles. The van der Waals surface area contributed by atoms with E-state index in [1.807, 2.05) is 0 Å². The minimum atomic E-state index is 0.500. The molecule has 0 N–H and O–H groups in total. The molecule has 0 aliphatic carbocycles. The maximum atomic E-state index is 4.72. The molecular weight excluding hydrogens is 128 g/mol. The largest absolute Gasteiger partial charge is 0.353 e. The van der Waals surface area contributed by atoms with Gasteiger partial charge in [-0.1, -0.05) is 33.1 Å². The molecule has 0 spiro atoms. The van der Waals surface area contributed by atoms with Gasteiger partial charge in [0.25, 0.3) is 0 Å². The first-order chi connectivity index (χ1) is 4.91. The van der Waals surface area contributed by atoms with Crippen LogP contribution in [0, 0.1) is 0 Å². The molecule has 0 atom stereocenters. The Morgan fingerprint density at radius 3 is 1.60 bits per heavy atom. The quantitative estimate of drug-likeness (QED) is 0.594. The monoisotopic (exact) mass is 146 g/mol. The van der Waals surface area contributed by atoms with Gasteiger partial charge < -0.3 is 9.47 Å². The molecule has 2 heteroatoms. The predicted octanol–water partition coefficient (Wildman–Crippen LogP) is 2.19. The first-order valence-electron chi connectivity index (χ1n) is 4.07. The molecule has 1 fully saturated rings. The molecule has 1 rings (SSSR count). The van der Waals surface area contributed by atoms with Gasteiger partial charge in [-0.25, -0.2) is 0 Å². The molecule has 0 bridgehead atoms. The van der Waals surface area contributed by atoms with Crippen LogP contribution in [0.5, 0.6) is 0 Å². The smallest absolute Gasteiger partial charge is 0.146 e. The van der Waals surface area contributed by atoms with Crippen molar-refractivity contribution in [2.24, 2.45) is 0 Å². The molecule has 2 nitrogen and oxygen atoms in total. The summed E-state index contributed by atoms with van der Waals surface area (Å²) in [6.07, 6.45) is 4.08. The zero-order valence-corrected chi connectivity index (χ0v) is 7.06. The van der Waals surface area contributed by atoms with Crippen molar-refractivity contribution < 1.29 is 9.47 Å². The molecule has 1 heterocycles. The van der Waals surface area contributed by atoms with Crippen molar-refractivity contribution >= 4 is 0 Å². The second-order valence-electron chi connectivity index (χ2n) is 2.29. The second kappa shape index (κ2) is 8.92. The van der Waals surface area contributed by atoms with Gasteiger partial charge in [0.05, 0.1) is 13.2 Å². The maximum Gasteiger partial charge on any atom is 0.146 e. The molecule has 0 aromatic heterocycles. The van der Waals surface area contributed by atoms with Crippen molar-refractivity contribution in [2.45, 2.75) is 33.1 Å². The maximum absolute atomic E-state index is 4.72. The molecule has 0 saturated carbocycles. The Hall–Kier alpha value is -0.0800. The van der Waals surface area contributed by atoms with Crippen LogP contribution in [0.3, 0.4) is 0 Å². The Balaban J connectivity index is 0.000000162. The van der Waals surface area contributed by atoms with Gasteiger partial charge in [-0.05, 0) is 0 Å². The summed E-state index contributed by atoms with van der Waals surface area (Å²) < 4.78 is 9.44. The fourth-order valence-corrected chi connectivity index (χ4v) is 0.648. The molecule has 10 heavy (non-hydrogen) atoms. The zero-order chi connectivity index (χ0) is 7.66. The SMILES string of the molecule is C1COCO1.CCCCC. The molecule has 1 aliphatic heterocycles. The highest BCUT2D eigenvalue weighted by atomic mass is 16.7. The van der Waals surface area contributed by atoms with Crippen molar-refractivity contribution in [1.29, 1.82) is 0 Å². The molecule has 0 aromatic rings. The average Bonchev–Trinajstić information content (AvgIpc) is 2.44. The molecule has 0 amide bonds. The van der Waals surface area contributed by atoms with Gasteiger partial charge in [0, 0.05) is 0 Å². The van der Waals surface area contributed by atoms with Crippen LogP contribution in [0.4, 0.5) is 0 Å². The Kier molecular flexibility index (Phi) is 8.85. The van der Waals surface area contributed by atoms with Crippen molar-refractivity contribution in [2.75, 3.05) is 20.0 Å². The molecule has 1 aliphatic rings. The highest BCUT2D eigenvalue weighted by molar-refractivity contribution is 4.28. The van der Waals surface area contributed by atoms with Crippen LogP contribution in [0.15, 0.2) is 0 Å². The van der Waals surface area contributed by atoms with Gasteiger partial charge in [-0.3, -0.25) is 0 Å². The van der Waals surface area contributed by atoms with E-state index in [-0.39, 0.29) is 0 Å². The summed E-state index contributed by atoms with van der Waals surface area (Å²) in [7, 11) is 0. The van der Waals surface area contributed by atoms with E-state index in [4.69, 9.17) is 9.47 Å².